The molecule has 0 aliphatic carbocycles. The first kappa shape index (κ1) is 14.6. The first-order chi connectivity index (χ1) is 8.85. The second-order valence-corrected chi connectivity index (χ2v) is 5.46. The molecule has 2 aliphatic heterocycles. The summed E-state index contributed by atoms with van der Waals surface area (Å²) >= 11 is 0. The number of hydrogen-bond donors (Lipinski definition) is 1. The molecule has 2 rings (SSSR count). The number of alkyl halides is 3. The summed E-state index contributed by atoms with van der Waals surface area (Å²) in [7, 11) is 0. The zero-order valence-electron chi connectivity index (χ0n) is 10.7. The SMILES string of the molecule is O=C(O)C1(C(F)(F)F)CCN(CCN2CCCC2)C1. The van der Waals surface area contributed by atoms with Crippen molar-refractivity contribution in [3.63, 3.8) is 0 Å². The minimum absolute atomic E-state index is 0.208. The summed E-state index contributed by atoms with van der Waals surface area (Å²) in [5.74, 6) is -1.75. The van der Waals surface area contributed by atoms with Crippen LogP contribution >= 0.6 is 0 Å². The van der Waals surface area contributed by atoms with Crippen LogP contribution in [0.4, 0.5) is 13.2 Å². The molecule has 1 N–H and O–H groups in total. The summed E-state index contributed by atoms with van der Waals surface area (Å²) in [5, 5.41) is 8.94. The van der Waals surface area contributed by atoms with Crippen molar-refractivity contribution in [1.29, 1.82) is 0 Å². The Hall–Kier alpha value is -0.820. The molecular formula is C12H19F3N2O2. The fourth-order valence-electron chi connectivity index (χ4n) is 2.90. The van der Waals surface area contributed by atoms with E-state index in [1.807, 2.05) is 0 Å². The Morgan fingerprint density at radius 3 is 2.16 bits per heavy atom. The number of hydrogen-bond acceptors (Lipinski definition) is 3. The summed E-state index contributed by atoms with van der Waals surface area (Å²) in [6, 6.07) is 0. The van der Waals surface area contributed by atoms with Gasteiger partial charge in [0, 0.05) is 19.6 Å². The summed E-state index contributed by atoms with van der Waals surface area (Å²) in [5.41, 5.74) is -2.57. The number of carboxylic acid groups (broad SMARTS) is 1. The van der Waals surface area contributed by atoms with E-state index in [-0.39, 0.29) is 13.0 Å². The lowest BCUT2D eigenvalue weighted by atomic mass is 9.86. The minimum Gasteiger partial charge on any atom is -0.481 e. The van der Waals surface area contributed by atoms with Crippen molar-refractivity contribution in [3.05, 3.63) is 0 Å². The fraction of sp³-hybridized carbons (Fsp3) is 0.917. The highest BCUT2D eigenvalue weighted by Crippen LogP contribution is 2.45. The van der Waals surface area contributed by atoms with Crippen molar-refractivity contribution >= 4 is 5.97 Å². The second kappa shape index (κ2) is 5.28. The predicted molar refractivity (Wildman–Crippen MR) is 62.9 cm³/mol. The van der Waals surface area contributed by atoms with E-state index in [2.05, 4.69) is 4.90 Å². The molecule has 0 radical (unpaired) electrons. The summed E-state index contributed by atoms with van der Waals surface area (Å²) in [4.78, 5) is 14.9. The number of nitrogens with zero attached hydrogens (tertiary/aromatic N) is 2. The van der Waals surface area contributed by atoms with Crippen LogP contribution in [0.5, 0.6) is 0 Å². The van der Waals surface area contributed by atoms with Crippen molar-refractivity contribution in [2.24, 2.45) is 5.41 Å². The molecule has 4 nitrogen and oxygen atoms in total. The van der Waals surface area contributed by atoms with Gasteiger partial charge in [-0.1, -0.05) is 0 Å². The van der Waals surface area contributed by atoms with Gasteiger partial charge in [-0.15, -0.1) is 0 Å². The highest BCUT2D eigenvalue weighted by atomic mass is 19.4. The smallest absolute Gasteiger partial charge is 0.406 e. The van der Waals surface area contributed by atoms with Gasteiger partial charge in [0.1, 0.15) is 0 Å². The van der Waals surface area contributed by atoms with Crippen LogP contribution in [-0.4, -0.2) is 66.3 Å². The Balaban J connectivity index is 1.91. The Labute approximate surface area is 110 Å². The number of rotatable bonds is 4. The average molecular weight is 280 g/mol. The van der Waals surface area contributed by atoms with Crippen LogP contribution in [0.1, 0.15) is 19.3 Å². The van der Waals surface area contributed by atoms with Gasteiger partial charge in [0.25, 0.3) is 0 Å². The van der Waals surface area contributed by atoms with E-state index in [0.29, 0.717) is 6.54 Å². The third-order valence-electron chi connectivity index (χ3n) is 4.23. The maximum atomic E-state index is 13.0. The third-order valence-corrected chi connectivity index (χ3v) is 4.23. The van der Waals surface area contributed by atoms with Crippen molar-refractivity contribution < 1.29 is 23.1 Å². The largest absolute Gasteiger partial charge is 0.481 e. The first-order valence-electron chi connectivity index (χ1n) is 6.60. The molecule has 0 saturated carbocycles. The molecule has 2 saturated heterocycles. The van der Waals surface area contributed by atoms with Crippen molar-refractivity contribution in [2.45, 2.75) is 25.4 Å². The molecule has 1 unspecified atom stereocenters. The molecular weight excluding hydrogens is 261 g/mol. The molecule has 2 fully saturated rings. The fourth-order valence-corrected chi connectivity index (χ4v) is 2.90. The molecule has 0 bridgehead atoms. The van der Waals surface area contributed by atoms with Crippen molar-refractivity contribution in [2.75, 3.05) is 39.3 Å². The molecule has 0 aromatic heterocycles. The molecule has 1 atom stereocenters. The predicted octanol–water partition coefficient (Wildman–Crippen LogP) is 1.42. The number of likely N-dealkylation sites (tertiary alicyclic amines) is 2. The van der Waals surface area contributed by atoms with E-state index in [9.17, 15) is 18.0 Å². The van der Waals surface area contributed by atoms with Gasteiger partial charge in [0.05, 0.1) is 0 Å². The normalized spacial score (nSPS) is 30.1. The number of carboxylic acids is 1. The standard InChI is InChI=1S/C12H19F3N2O2/c13-12(14,15)11(10(18)19)3-6-17(9-11)8-7-16-4-1-2-5-16/h1-9H2,(H,18,19). The highest BCUT2D eigenvalue weighted by molar-refractivity contribution is 5.76. The van der Waals surface area contributed by atoms with Gasteiger partial charge in [-0.3, -0.25) is 4.79 Å². The van der Waals surface area contributed by atoms with Crippen molar-refractivity contribution in [1.82, 2.24) is 9.80 Å². The van der Waals surface area contributed by atoms with E-state index in [4.69, 9.17) is 5.11 Å². The van der Waals surface area contributed by atoms with Crippen LogP contribution < -0.4 is 0 Å². The molecule has 0 aromatic rings. The molecule has 7 heteroatoms. The lowest BCUT2D eigenvalue weighted by Gasteiger charge is -2.28. The van der Waals surface area contributed by atoms with Crippen LogP contribution in [0.3, 0.4) is 0 Å². The summed E-state index contributed by atoms with van der Waals surface area (Å²) < 4.78 is 38.9. The Morgan fingerprint density at radius 2 is 1.68 bits per heavy atom. The Kier molecular flexibility index (Phi) is 4.06. The van der Waals surface area contributed by atoms with E-state index >= 15 is 0 Å². The molecule has 2 aliphatic rings. The number of halogens is 3. The zero-order chi connectivity index (χ0) is 14.1. The van der Waals surface area contributed by atoms with Gasteiger partial charge < -0.3 is 14.9 Å². The molecule has 0 amide bonds. The van der Waals surface area contributed by atoms with Gasteiger partial charge in [-0.2, -0.15) is 13.2 Å². The van der Waals surface area contributed by atoms with Gasteiger partial charge in [0.2, 0.25) is 0 Å². The van der Waals surface area contributed by atoms with Crippen LogP contribution in [0.25, 0.3) is 0 Å². The molecule has 2 heterocycles. The number of carbonyl (C=O) groups is 1. The lowest BCUT2D eigenvalue weighted by Crippen LogP contribution is -2.47. The molecule has 110 valence electrons. The van der Waals surface area contributed by atoms with Crippen molar-refractivity contribution in [3.8, 4) is 0 Å². The quantitative estimate of drug-likeness (QED) is 0.846. The monoisotopic (exact) mass is 280 g/mol. The Morgan fingerprint density at radius 1 is 1.11 bits per heavy atom. The van der Waals surface area contributed by atoms with Gasteiger partial charge in [0.15, 0.2) is 5.41 Å². The van der Waals surface area contributed by atoms with Crippen LogP contribution in [0.15, 0.2) is 0 Å². The average Bonchev–Trinajstić information content (AvgIpc) is 2.95. The summed E-state index contributed by atoms with van der Waals surface area (Å²) in [6.07, 6.45) is -2.74. The van der Waals surface area contributed by atoms with Crippen LogP contribution in [-0.2, 0) is 4.79 Å². The minimum atomic E-state index is -4.68. The van der Waals surface area contributed by atoms with E-state index in [1.54, 1.807) is 4.90 Å². The second-order valence-electron chi connectivity index (χ2n) is 5.46. The Bertz CT molecular complexity index is 342. The van der Waals surface area contributed by atoms with Gasteiger partial charge >= 0.3 is 12.1 Å². The van der Waals surface area contributed by atoms with Gasteiger partial charge in [-0.25, -0.2) is 0 Å². The lowest BCUT2D eigenvalue weighted by molar-refractivity contribution is -0.227. The zero-order valence-corrected chi connectivity index (χ0v) is 10.7. The maximum absolute atomic E-state index is 13.0. The maximum Gasteiger partial charge on any atom is 0.406 e. The van der Waals surface area contributed by atoms with E-state index in [1.165, 1.54) is 0 Å². The molecule has 0 aromatic carbocycles. The van der Waals surface area contributed by atoms with E-state index < -0.39 is 24.1 Å². The molecule has 19 heavy (non-hydrogen) atoms. The third kappa shape index (κ3) is 2.86. The van der Waals surface area contributed by atoms with E-state index in [0.717, 1.165) is 32.5 Å². The first-order valence-corrected chi connectivity index (χ1v) is 6.60. The van der Waals surface area contributed by atoms with Gasteiger partial charge in [-0.05, 0) is 38.9 Å². The van der Waals surface area contributed by atoms with Crippen LogP contribution in [0.2, 0.25) is 0 Å². The molecule has 0 spiro atoms. The summed E-state index contributed by atoms with van der Waals surface area (Å²) in [6.45, 7) is 3.03. The highest BCUT2D eigenvalue weighted by Gasteiger charge is 2.63. The number of aliphatic carboxylic acids is 1. The van der Waals surface area contributed by atoms with Crippen LogP contribution in [0, 0.1) is 5.41 Å². The topological polar surface area (TPSA) is 43.8 Å².